The summed E-state index contributed by atoms with van der Waals surface area (Å²) in [6, 6.07) is 11.6. The number of hydrogen-bond donors (Lipinski definition) is 0. The van der Waals surface area contributed by atoms with E-state index in [9.17, 15) is 4.79 Å². The van der Waals surface area contributed by atoms with Crippen LogP contribution in [0.2, 0.25) is 0 Å². The molecule has 3 aromatic rings. The Hall–Kier alpha value is -2.80. The minimum absolute atomic E-state index is 0.0115. The van der Waals surface area contributed by atoms with Gasteiger partial charge in [-0.15, -0.1) is 11.3 Å². The Morgan fingerprint density at radius 1 is 1.06 bits per heavy atom. The van der Waals surface area contributed by atoms with E-state index >= 15 is 0 Å². The highest BCUT2D eigenvalue weighted by Gasteiger charge is 2.33. The summed E-state index contributed by atoms with van der Waals surface area (Å²) in [7, 11) is 0. The van der Waals surface area contributed by atoms with Gasteiger partial charge in [0.25, 0.3) is 5.91 Å². The van der Waals surface area contributed by atoms with Crippen molar-refractivity contribution in [1.82, 2.24) is 9.88 Å². The lowest BCUT2D eigenvalue weighted by Gasteiger charge is -2.24. The zero-order valence-corrected chi connectivity index (χ0v) is 19.0. The van der Waals surface area contributed by atoms with Crippen LogP contribution in [0.5, 0.6) is 17.2 Å². The number of amides is 1. The first-order valence-electron chi connectivity index (χ1n) is 10.9. The Labute approximate surface area is 186 Å². The highest BCUT2D eigenvalue weighted by molar-refractivity contribution is 7.18. The molecule has 0 saturated carbocycles. The van der Waals surface area contributed by atoms with E-state index in [1.54, 1.807) is 23.5 Å². The van der Waals surface area contributed by atoms with E-state index in [0.717, 1.165) is 28.1 Å². The summed E-state index contributed by atoms with van der Waals surface area (Å²) in [5.74, 6) is 1.59. The van der Waals surface area contributed by atoms with Gasteiger partial charge >= 0.3 is 0 Å². The zero-order valence-electron chi connectivity index (χ0n) is 18.2. The average Bonchev–Trinajstić information content (AvgIpc) is 3.42. The third kappa shape index (κ3) is 4.32. The predicted molar refractivity (Wildman–Crippen MR) is 123 cm³/mol. The number of fused-ring (bicyclic) bond motifs is 1. The topological polar surface area (TPSA) is 60.9 Å². The Morgan fingerprint density at radius 3 is 2.39 bits per heavy atom. The zero-order chi connectivity index (χ0) is 21.8. The van der Waals surface area contributed by atoms with Gasteiger partial charge in [0.05, 0.1) is 36.1 Å². The summed E-state index contributed by atoms with van der Waals surface area (Å²) in [5.41, 5.74) is 1.53. The molecule has 0 N–H and O–H groups in total. The molecular weight excluding hydrogens is 412 g/mol. The molecule has 2 heterocycles. The summed E-state index contributed by atoms with van der Waals surface area (Å²) in [6.07, 6.45) is 1.87. The summed E-state index contributed by atoms with van der Waals surface area (Å²) in [6.45, 7) is 7.88. The van der Waals surface area contributed by atoms with Gasteiger partial charge in [0.15, 0.2) is 11.5 Å². The fraction of sp³-hybridized carbons (Fsp3) is 0.417. The molecule has 0 unspecified atom stereocenters. The molecule has 0 spiro atoms. The Bertz CT molecular complexity index is 1000. The van der Waals surface area contributed by atoms with Crippen LogP contribution in [0.3, 0.4) is 0 Å². The number of likely N-dealkylation sites (tertiary alicyclic amines) is 1. The number of benzene rings is 2. The Kier molecular flexibility index (Phi) is 6.61. The monoisotopic (exact) mass is 440 g/mol. The van der Waals surface area contributed by atoms with Crippen LogP contribution in [0.15, 0.2) is 36.4 Å². The molecule has 1 amide bonds. The van der Waals surface area contributed by atoms with E-state index in [0.29, 0.717) is 49.2 Å². The van der Waals surface area contributed by atoms with Crippen LogP contribution in [0.25, 0.3) is 10.2 Å². The van der Waals surface area contributed by atoms with Crippen molar-refractivity contribution in [3.05, 3.63) is 47.0 Å². The molecule has 1 aliphatic rings. The number of hydrogen-bond acceptors (Lipinski definition) is 6. The van der Waals surface area contributed by atoms with Gasteiger partial charge < -0.3 is 19.1 Å². The Morgan fingerprint density at radius 2 is 1.74 bits per heavy atom. The number of carbonyl (C=O) groups excluding carboxylic acids is 1. The second kappa shape index (κ2) is 9.56. The van der Waals surface area contributed by atoms with Crippen LogP contribution in [0.4, 0.5) is 0 Å². The first kappa shape index (κ1) is 21.4. The van der Waals surface area contributed by atoms with Crippen molar-refractivity contribution in [2.45, 2.75) is 39.7 Å². The van der Waals surface area contributed by atoms with Crippen molar-refractivity contribution in [2.24, 2.45) is 0 Å². The van der Waals surface area contributed by atoms with Gasteiger partial charge in [0.2, 0.25) is 5.75 Å². The molecule has 1 saturated heterocycles. The Balaban J connectivity index is 1.68. The molecule has 2 aromatic carbocycles. The van der Waals surface area contributed by atoms with Gasteiger partial charge in [-0.25, -0.2) is 4.98 Å². The first-order valence-corrected chi connectivity index (χ1v) is 11.7. The van der Waals surface area contributed by atoms with Crippen LogP contribution in [0, 0.1) is 0 Å². The number of thiazole rings is 1. The second-order valence-electron chi connectivity index (χ2n) is 7.28. The molecule has 1 atom stereocenters. The summed E-state index contributed by atoms with van der Waals surface area (Å²) in [5, 5.41) is 0.994. The smallest absolute Gasteiger partial charge is 0.254 e. The van der Waals surface area contributed by atoms with Crippen molar-refractivity contribution in [2.75, 3.05) is 26.4 Å². The fourth-order valence-corrected chi connectivity index (χ4v) is 5.09. The SMILES string of the molecule is CCOc1cc(C(=O)N2CCC[C@@H]2c2nc3ccccc3s2)cc(OCC)c1OCC. The average molecular weight is 441 g/mol. The second-order valence-corrected chi connectivity index (χ2v) is 8.34. The largest absolute Gasteiger partial charge is 0.490 e. The lowest BCUT2D eigenvalue weighted by Crippen LogP contribution is -2.30. The normalized spacial score (nSPS) is 16.0. The van der Waals surface area contributed by atoms with Gasteiger partial charge in [0, 0.05) is 12.1 Å². The molecule has 1 fully saturated rings. The predicted octanol–water partition coefficient (Wildman–Crippen LogP) is 5.47. The first-order chi connectivity index (χ1) is 15.2. The molecule has 0 aliphatic carbocycles. The van der Waals surface area contributed by atoms with Crippen LogP contribution in [0.1, 0.15) is 55.0 Å². The quantitative estimate of drug-likeness (QED) is 0.465. The van der Waals surface area contributed by atoms with E-state index in [4.69, 9.17) is 19.2 Å². The molecule has 31 heavy (non-hydrogen) atoms. The van der Waals surface area contributed by atoms with E-state index in [1.807, 2.05) is 43.9 Å². The third-order valence-electron chi connectivity index (χ3n) is 5.27. The van der Waals surface area contributed by atoms with Crippen molar-refractivity contribution in [3.63, 3.8) is 0 Å². The minimum atomic E-state index is -0.0355. The lowest BCUT2D eigenvalue weighted by atomic mass is 10.1. The number of rotatable bonds is 8. The van der Waals surface area contributed by atoms with Crippen LogP contribution < -0.4 is 14.2 Å². The number of ether oxygens (including phenoxy) is 3. The maximum Gasteiger partial charge on any atom is 0.254 e. The molecule has 1 aromatic heterocycles. The summed E-state index contributed by atoms with van der Waals surface area (Å²) < 4.78 is 18.5. The minimum Gasteiger partial charge on any atom is -0.490 e. The molecule has 0 radical (unpaired) electrons. The van der Waals surface area contributed by atoms with Crippen LogP contribution in [-0.4, -0.2) is 42.2 Å². The number of para-hydroxylation sites is 1. The molecule has 4 rings (SSSR count). The highest BCUT2D eigenvalue weighted by atomic mass is 32.1. The van der Waals surface area contributed by atoms with Crippen molar-refractivity contribution in [1.29, 1.82) is 0 Å². The van der Waals surface area contributed by atoms with Crippen LogP contribution in [-0.2, 0) is 0 Å². The van der Waals surface area contributed by atoms with Gasteiger partial charge in [-0.2, -0.15) is 0 Å². The molecular formula is C24H28N2O4S. The molecule has 6 nitrogen and oxygen atoms in total. The van der Waals surface area contributed by atoms with Gasteiger partial charge in [0.1, 0.15) is 5.01 Å². The maximum atomic E-state index is 13.6. The number of aromatic nitrogens is 1. The lowest BCUT2D eigenvalue weighted by molar-refractivity contribution is 0.0734. The van der Waals surface area contributed by atoms with Crippen molar-refractivity contribution in [3.8, 4) is 17.2 Å². The number of carbonyl (C=O) groups is 1. The van der Waals surface area contributed by atoms with Gasteiger partial charge in [-0.3, -0.25) is 4.79 Å². The third-order valence-corrected chi connectivity index (χ3v) is 6.40. The molecule has 1 aliphatic heterocycles. The molecule has 164 valence electrons. The highest BCUT2D eigenvalue weighted by Crippen LogP contribution is 2.41. The van der Waals surface area contributed by atoms with Crippen molar-refractivity contribution < 1.29 is 19.0 Å². The molecule has 7 heteroatoms. The standard InChI is InChI=1S/C24H28N2O4S/c1-4-28-19-14-16(15-20(29-5-2)22(19)30-6-3)24(27)26-13-9-11-18(26)23-25-17-10-7-8-12-21(17)31-23/h7-8,10,12,14-15,18H,4-6,9,11,13H2,1-3H3/t18-/m1/s1. The van der Waals surface area contributed by atoms with Gasteiger partial charge in [-0.05, 0) is 57.9 Å². The van der Waals surface area contributed by atoms with E-state index < -0.39 is 0 Å². The van der Waals surface area contributed by atoms with E-state index in [2.05, 4.69) is 6.07 Å². The van der Waals surface area contributed by atoms with E-state index in [1.165, 1.54) is 0 Å². The maximum absolute atomic E-state index is 13.6. The summed E-state index contributed by atoms with van der Waals surface area (Å²) >= 11 is 1.67. The molecule has 0 bridgehead atoms. The van der Waals surface area contributed by atoms with Gasteiger partial charge in [-0.1, -0.05) is 12.1 Å². The summed E-state index contributed by atoms with van der Waals surface area (Å²) in [4.78, 5) is 20.3. The van der Waals surface area contributed by atoms with Crippen LogP contribution >= 0.6 is 11.3 Å². The number of nitrogens with zero attached hydrogens (tertiary/aromatic N) is 2. The van der Waals surface area contributed by atoms with E-state index in [-0.39, 0.29) is 11.9 Å². The van der Waals surface area contributed by atoms with Crippen molar-refractivity contribution >= 4 is 27.5 Å². The fourth-order valence-electron chi connectivity index (χ4n) is 3.98.